The lowest BCUT2D eigenvalue weighted by Crippen LogP contribution is -2.65. The zero-order valence-electron chi connectivity index (χ0n) is 20.0. The molecule has 5 aliphatic rings. The Morgan fingerprint density at radius 1 is 0.968 bits per heavy atom. The highest BCUT2D eigenvalue weighted by Crippen LogP contribution is 2.55. The third-order valence-electron chi connectivity index (χ3n) is 9.44. The molecule has 2 bridgehead atoms. The van der Waals surface area contributed by atoms with Gasteiger partial charge in [-0.15, -0.1) is 0 Å². The van der Waals surface area contributed by atoms with Gasteiger partial charge < -0.3 is 31.3 Å². The molecule has 31 heavy (non-hydrogen) atoms. The van der Waals surface area contributed by atoms with Crippen molar-refractivity contribution in [2.45, 2.75) is 96.2 Å². The third kappa shape index (κ3) is 2.90. The number of ketones is 1. The van der Waals surface area contributed by atoms with E-state index in [0.29, 0.717) is 18.4 Å². The molecular formula is C24H43N5O2. The minimum absolute atomic E-state index is 0.0903. The summed E-state index contributed by atoms with van der Waals surface area (Å²) in [5.41, 5.74) is -1.00. The van der Waals surface area contributed by atoms with E-state index in [2.05, 4.69) is 61.2 Å². The summed E-state index contributed by atoms with van der Waals surface area (Å²) in [6.07, 6.45) is 3.18. The fourth-order valence-corrected chi connectivity index (χ4v) is 8.07. The molecule has 0 aromatic rings. The molecule has 5 heterocycles. The van der Waals surface area contributed by atoms with Crippen molar-refractivity contribution in [3.05, 3.63) is 0 Å². The molecule has 0 aromatic carbocycles. The summed E-state index contributed by atoms with van der Waals surface area (Å²) in [5.74, 6) is 0.485. The summed E-state index contributed by atoms with van der Waals surface area (Å²) in [6.45, 7) is 15.3. The van der Waals surface area contributed by atoms with Gasteiger partial charge in [0.2, 0.25) is 0 Å². The van der Waals surface area contributed by atoms with Crippen molar-refractivity contribution in [2.75, 3.05) is 32.8 Å². The monoisotopic (exact) mass is 433 g/mol. The van der Waals surface area contributed by atoms with E-state index in [1.54, 1.807) is 0 Å². The summed E-state index contributed by atoms with van der Waals surface area (Å²) in [5, 5.41) is 19.2. The predicted molar refractivity (Wildman–Crippen MR) is 122 cm³/mol. The lowest BCUT2D eigenvalue weighted by molar-refractivity contribution is -0.144. The van der Waals surface area contributed by atoms with Crippen molar-refractivity contribution in [3.8, 4) is 0 Å². The van der Waals surface area contributed by atoms with E-state index in [9.17, 15) is 0 Å². The van der Waals surface area contributed by atoms with Gasteiger partial charge in [-0.05, 0) is 19.8 Å². The number of hydrogen-bond donors (Lipinski definition) is 5. The minimum Gasteiger partial charge on any atom is -0.377 e. The predicted octanol–water partition coefficient (Wildman–Crippen LogP) is 0.397. The highest BCUT2D eigenvalue weighted by atomic mass is 16.5. The molecule has 7 heteroatoms. The molecule has 0 aliphatic carbocycles. The highest BCUT2D eigenvalue weighted by Gasteiger charge is 2.73. The lowest BCUT2D eigenvalue weighted by Gasteiger charge is -2.48. The second kappa shape index (κ2) is 7.74. The van der Waals surface area contributed by atoms with Crippen LogP contribution in [-0.4, -0.2) is 80.9 Å². The van der Waals surface area contributed by atoms with Crippen LogP contribution in [0.25, 0.3) is 0 Å². The van der Waals surface area contributed by atoms with E-state index >= 15 is 4.79 Å². The van der Waals surface area contributed by atoms with E-state index < -0.39 is 10.8 Å². The number of rotatable bonds is 3. The number of Topliss-reactive ketones (excluding diaryl/α,β-unsaturated/α-hetero) is 1. The fraction of sp³-hybridized carbons (Fsp3) is 0.958. The van der Waals surface area contributed by atoms with Gasteiger partial charge in [0.1, 0.15) is 0 Å². The number of carbonyl (C=O) groups excluding carboxylic acids is 1. The Balaban J connectivity index is 1.71. The first-order valence-corrected chi connectivity index (χ1v) is 12.7. The van der Waals surface area contributed by atoms with Gasteiger partial charge in [-0.1, -0.05) is 34.1 Å². The maximum absolute atomic E-state index is 15.1. The van der Waals surface area contributed by atoms with Gasteiger partial charge in [-0.3, -0.25) is 4.79 Å². The molecule has 9 unspecified atom stereocenters. The Bertz CT molecular complexity index is 716. The molecule has 0 radical (unpaired) electrons. The van der Waals surface area contributed by atoms with E-state index in [0.717, 1.165) is 45.4 Å². The van der Waals surface area contributed by atoms with Crippen molar-refractivity contribution in [2.24, 2.45) is 16.2 Å². The fourth-order valence-electron chi connectivity index (χ4n) is 8.07. The first-order valence-electron chi connectivity index (χ1n) is 12.7. The molecule has 5 rings (SSSR count). The third-order valence-corrected chi connectivity index (χ3v) is 9.44. The van der Waals surface area contributed by atoms with Crippen molar-refractivity contribution < 1.29 is 9.53 Å². The second-order valence-corrected chi connectivity index (χ2v) is 11.5. The Hall–Kier alpha value is -0.570. The maximum atomic E-state index is 15.1. The minimum atomic E-state index is -0.439. The Morgan fingerprint density at radius 2 is 1.58 bits per heavy atom. The topological polar surface area (TPSA) is 86.4 Å². The number of carbonyl (C=O) groups is 1. The van der Waals surface area contributed by atoms with Gasteiger partial charge in [-0.25, -0.2) is 0 Å². The first-order chi connectivity index (χ1) is 14.8. The van der Waals surface area contributed by atoms with Gasteiger partial charge >= 0.3 is 0 Å². The van der Waals surface area contributed by atoms with Crippen LogP contribution >= 0.6 is 0 Å². The molecule has 5 saturated heterocycles. The van der Waals surface area contributed by atoms with Crippen LogP contribution in [0.4, 0.5) is 0 Å². The normalized spacial score (nSPS) is 51.3. The van der Waals surface area contributed by atoms with Gasteiger partial charge in [0.25, 0.3) is 0 Å². The standard InChI is InChI=1S/C24H43N5O2/c1-6-8-15-19-23(7-2)20(29-15)22(4,5)13-31-14(3)9-25-16-10-26-17-11-27-18(12-28-19)24(16,17)21(23)30/h14-20,25-29H,6-13H2,1-5H3. The van der Waals surface area contributed by atoms with Gasteiger partial charge in [0, 0.05) is 67.8 Å². The van der Waals surface area contributed by atoms with E-state index in [4.69, 9.17) is 4.74 Å². The van der Waals surface area contributed by atoms with Crippen LogP contribution in [0.15, 0.2) is 0 Å². The average molecular weight is 434 g/mol. The quantitative estimate of drug-likeness (QED) is 0.440. The van der Waals surface area contributed by atoms with Crippen LogP contribution in [0.5, 0.6) is 0 Å². The van der Waals surface area contributed by atoms with Crippen LogP contribution in [0.2, 0.25) is 0 Å². The molecule has 0 saturated carbocycles. The average Bonchev–Trinajstić information content (AvgIpc) is 3.36. The summed E-state index contributed by atoms with van der Waals surface area (Å²) in [7, 11) is 0. The van der Waals surface area contributed by atoms with Crippen molar-refractivity contribution in [1.29, 1.82) is 0 Å². The first kappa shape index (κ1) is 22.2. The zero-order valence-corrected chi connectivity index (χ0v) is 20.0. The molecule has 0 aromatic heterocycles. The number of nitrogens with one attached hydrogen (secondary N) is 5. The highest BCUT2D eigenvalue weighted by molar-refractivity contribution is 5.96. The lowest BCUT2D eigenvalue weighted by atomic mass is 9.55. The van der Waals surface area contributed by atoms with Gasteiger partial charge in [0.15, 0.2) is 5.78 Å². The van der Waals surface area contributed by atoms with Crippen molar-refractivity contribution in [3.63, 3.8) is 0 Å². The van der Waals surface area contributed by atoms with E-state index in [1.807, 2.05) is 0 Å². The smallest absolute Gasteiger partial charge is 0.153 e. The summed E-state index contributed by atoms with van der Waals surface area (Å²) in [6, 6.07) is 1.05. The molecule has 0 amide bonds. The molecule has 7 nitrogen and oxygen atoms in total. The van der Waals surface area contributed by atoms with E-state index in [-0.39, 0.29) is 41.7 Å². The molecule has 5 N–H and O–H groups in total. The zero-order chi connectivity index (χ0) is 22.0. The number of hydrogen-bond acceptors (Lipinski definition) is 7. The molecule has 5 fully saturated rings. The van der Waals surface area contributed by atoms with Crippen LogP contribution in [0.3, 0.4) is 0 Å². The summed E-state index contributed by atoms with van der Waals surface area (Å²) < 4.78 is 6.38. The van der Waals surface area contributed by atoms with E-state index in [1.165, 1.54) is 0 Å². The second-order valence-electron chi connectivity index (χ2n) is 11.5. The Labute approximate surface area is 187 Å². The molecular weight excluding hydrogens is 390 g/mol. The molecule has 176 valence electrons. The molecule has 5 aliphatic heterocycles. The van der Waals surface area contributed by atoms with Crippen LogP contribution < -0.4 is 26.6 Å². The molecule has 9 atom stereocenters. The molecule has 1 spiro atoms. The van der Waals surface area contributed by atoms with Gasteiger partial charge in [-0.2, -0.15) is 0 Å². The largest absolute Gasteiger partial charge is 0.377 e. The SMILES string of the molecule is CCCC1NC2C(C)(C)COC(C)CNC3CNC4CNC5CNC1C2(CC)C(=O)C534. The van der Waals surface area contributed by atoms with Crippen molar-refractivity contribution in [1.82, 2.24) is 26.6 Å². The maximum Gasteiger partial charge on any atom is 0.153 e. The van der Waals surface area contributed by atoms with Crippen LogP contribution in [0.1, 0.15) is 53.9 Å². The number of ether oxygens (including phenoxy) is 1. The summed E-state index contributed by atoms with van der Waals surface area (Å²) in [4.78, 5) is 15.1. The summed E-state index contributed by atoms with van der Waals surface area (Å²) >= 11 is 0. The van der Waals surface area contributed by atoms with Crippen LogP contribution in [0, 0.1) is 16.2 Å². The van der Waals surface area contributed by atoms with Crippen LogP contribution in [-0.2, 0) is 9.53 Å². The Morgan fingerprint density at radius 3 is 2.19 bits per heavy atom. The van der Waals surface area contributed by atoms with Crippen molar-refractivity contribution >= 4 is 5.78 Å². The Kier molecular flexibility index (Phi) is 5.55. The van der Waals surface area contributed by atoms with Gasteiger partial charge in [0.05, 0.1) is 23.5 Å².